The number of benzene rings is 1. The van der Waals surface area contributed by atoms with E-state index in [1.165, 1.54) is 12.1 Å². The number of primary amides is 1. The predicted molar refractivity (Wildman–Crippen MR) is 77.3 cm³/mol. The van der Waals surface area contributed by atoms with Crippen molar-refractivity contribution >= 4 is 15.9 Å². The van der Waals surface area contributed by atoms with Crippen molar-refractivity contribution in [3.05, 3.63) is 29.8 Å². The van der Waals surface area contributed by atoms with Crippen LogP contribution in [0, 0.1) is 0 Å². The fourth-order valence-corrected chi connectivity index (χ4v) is 2.32. The highest BCUT2D eigenvalue weighted by atomic mass is 32.2. The number of rotatable bonds is 8. The van der Waals surface area contributed by atoms with Crippen LogP contribution in [-0.2, 0) is 14.8 Å². The monoisotopic (exact) mass is 299 g/mol. The van der Waals surface area contributed by atoms with Gasteiger partial charge in [-0.1, -0.05) is 12.1 Å². The van der Waals surface area contributed by atoms with E-state index >= 15 is 0 Å². The molecular weight excluding hydrogens is 278 g/mol. The number of primary sulfonamides is 1. The molecule has 0 aromatic heterocycles. The maximum atomic E-state index is 11.1. The van der Waals surface area contributed by atoms with E-state index in [0.717, 1.165) is 24.9 Å². The Labute approximate surface area is 119 Å². The van der Waals surface area contributed by atoms with E-state index in [4.69, 9.17) is 10.9 Å². The summed E-state index contributed by atoms with van der Waals surface area (Å²) in [4.78, 5) is 10.7. The zero-order valence-corrected chi connectivity index (χ0v) is 12.3. The average molecular weight is 299 g/mol. The summed E-state index contributed by atoms with van der Waals surface area (Å²) in [6.45, 7) is 2.76. The van der Waals surface area contributed by atoms with Crippen LogP contribution in [0.25, 0.3) is 0 Å². The molecule has 0 aliphatic heterocycles. The Bertz CT molecular complexity index is 540. The molecule has 1 unspecified atom stereocenters. The maximum absolute atomic E-state index is 11.1. The minimum atomic E-state index is -3.64. The Balaban J connectivity index is 2.44. The average Bonchev–Trinajstić information content (AvgIpc) is 2.37. The number of unbranched alkanes of at least 4 members (excludes halogenated alkanes) is 1. The second-order valence-corrected chi connectivity index (χ2v) is 6.27. The number of carbonyl (C=O) groups excluding carboxylic acids is 1. The summed E-state index contributed by atoms with van der Waals surface area (Å²) in [5.74, 6) is -0.281. The van der Waals surface area contributed by atoms with Crippen LogP contribution in [0.15, 0.2) is 29.2 Å². The van der Waals surface area contributed by atoms with Crippen LogP contribution < -0.4 is 16.2 Å². The molecule has 0 fully saturated rings. The molecule has 0 aliphatic carbocycles. The number of amides is 1. The van der Waals surface area contributed by atoms with Gasteiger partial charge in [0.1, 0.15) is 0 Å². The largest absolute Gasteiger partial charge is 0.370 e. The number of nitrogens with two attached hydrogens (primary N) is 2. The molecule has 0 saturated heterocycles. The van der Waals surface area contributed by atoms with Gasteiger partial charge in [-0.05, 0) is 44.0 Å². The first-order chi connectivity index (χ1) is 9.30. The van der Waals surface area contributed by atoms with Crippen LogP contribution in [0.5, 0.6) is 0 Å². The zero-order valence-electron chi connectivity index (χ0n) is 11.5. The van der Waals surface area contributed by atoms with Crippen molar-refractivity contribution in [1.82, 2.24) is 5.32 Å². The summed E-state index contributed by atoms with van der Waals surface area (Å²) in [7, 11) is -3.64. The molecule has 0 heterocycles. The van der Waals surface area contributed by atoms with Crippen LogP contribution in [0.1, 0.15) is 37.8 Å². The van der Waals surface area contributed by atoms with Crippen molar-refractivity contribution in [2.45, 2.75) is 37.1 Å². The molecule has 0 bridgehead atoms. The Morgan fingerprint density at radius 3 is 2.35 bits per heavy atom. The minimum Gasteiger partial charge on any atom is -0.370 e. The molecule has 1 atom stereocenters. The van der Waals surface area contributed by atoms with Crippen molar-refractivity contribution < 1.29 is 13.2 Å². The van der Waals surface area contributed by atoms with E-state index in [-0.39, 0.29) is 16.8 Å². The lowest BCUT2D eigenvalue weighted by atomic mass is 10.1. The summed E-state index contributed by atoms with van der Waals surface area (Å²) < 4.78 is 22.3. The molecule has 7 heteroatoms. The lowest BCUT2D eigenvalue weighted by Crippen LogP contribution is -2.20. The van der Waals surface area contributed by atoms with Gasteiger partial charge in [-0.15, -0.1) is 0 Å². The van der Waals surface area contributed by atoms with Crippen molar-refractivity contribution in [2.24, 2.45) is 10.9 Å². The quantitative estimate of drug-likeness (QED) is 0.611. The van der Waals surface area contributed by atoms with Crippen LogP contribution in [0.4, 0.5) is 0 Å². The van der Waals surface area contributed by atoms with Crippen LogP contribution >= 0.6 is 0 Å². The zero-order chi connectivity index (χ0) is 15.2. The Kier molecular flexibility index (Phi) is 6.12. The van der Waals surface area contributed by atoms with Crippen molar-refractivity contribution in [3.63, 3.8) is 0 Å². The fraction of sp³-hybridized carbons (Fsp3) is 0.462. The number of hydrogen-bond acceptors (Lipinski definition) is 4. The Hall–Kier alpha value is -1.44. The van der Waals surface area contributed by atoms with Crippen LogP contribution in [0.2, 0.25) is 0 Å². The first-order valence-electron chi connectivity index (χ1n) is 6.45. The van der Waals surface area contributed by atoms with Gasteiger partial charge in [0, 0.05) is 12.5 Å². The summed E-state index contributed by atoms with van der Waals surface area (Å²) in [5, 5.41) is 8.34. The van der Waals surface area contributed by atoms with E-state index in [0.29, 0.717) is 6.42 Å². The standard InChI is InChI=1S/C13H21N3O3S/c1-10(16-9-3-2-4-13(14)17)11-5-7-12(8-6-11)20(15,18)19/h5-8,10,16H,2-4,9H2,1H3,(H2,14,17)(H2,15,18,19). The highest BCUT2D eigenvalue weighted by molar-refractivity contribution is 7.89. The number of carbonyl (C=O) groups is 1. The van der Waals surface area contributed by atoms with Gasteiger partial charge in [0.15, 0.2) is 0 Å². The molecule has 112 valence electrons. The fourth-order valence-electron chi connectivity index (χ4n) is 1.81. The molecular formula is C13H21N3O3S. The first-order valence-corrected chi connectivity index (χ1v) is 8.00. The molecule has 1 aromatic rings. The summed E-state index contributed by atoms with van der Waals surface area (Å²) in [5.41, 5.74) is 6.04. The van der Waals surface area contributed by atoms with Crippen molar-refractivity contribution in [2.75, 3.05) is 6.54 Å². The molecule has 0 aliphatic rings. The molecule has 1 aromatic carbocycles. The number of sulfonamides is 1. The van der Waals surface area contributed by atoms with Crippen molar-refractivity contribution in [1.29, 1.82) is 0 Å². The van der Waals surface area contributed by atoms with E-state index in [1.54, 1.807) is 12.1 Å². The van der Waals surface area contributed by atoms with Gasteiger partial charge < -0.3 is 11.1 Å². The Morgan fingerprint density at radius 1 is 1.25 bits per heavy atom. The second kappa shape index (κ2) is 7.37. The number of nitrogens with one attached hydrogen (secondary N) is 1. The molecule has 1 amide bonds. The van der Waals surface area contributed by atoms with Gasteiger partial charge in [0.2, 0.25) is 15.9 Å². The highest BCUT2D eigenvalue weighted by Crippen LogP contribution is 2.15. The third-order valence-electron chi connectivity index (χ3n) is 3.01. The topological polar surface area (TPSA) is 115 Å². The molecule has 6 nitrogen and oxygen atoms in total. The van der Waals surface area contributed by atoms with E-state index < -0.39 is 10.0 Å². The maximum Gasteiger partial charge on any atom is 0.238 e. The smallest absolute Gasteiger partial charge is 0.238 e. The van der Waals surface area contributed by atoms with Gasteiger partial charge in [-0.3, -0.25) is 4.79 Å². The molecule has 0 radical (unpaired) electrons. The summed E-state index contributed by atoms with van der Waals surface area (Å²) in [6.07, 6.45) is 2.03. The van der Waals surface area contributed by atoms with Gasteiger partial charge in [-0.25, -0.2) is 13.6 Å². The molecule has 20 heavy (non-hydrogen) atoms. The summed E-state index contributed by atoms with van der Waals surface area (Å²) >= 11 is 0. The van der Waals surface area contributed by atoms with Crippen molar-refractivity contribution in [3.8, 4) is 0 Å². The van der Waals surface area contributed by atoms with Crippen LogP contribution in [0.3, 0.4) is 0 Å². The van der Waals surface area contributed by atoms with E-state index in [1.807, 2.05) is 6.92 Å². The minimum absolute atomic E-state index is 0.0955. The Morgan fingerprint density at radius 2 is 1.85 bits per heavy atom. The summed E-state index contributed by atoms with van der Waals surface area (Å²) in [6, 6.07) is 6.56. The molecule has 0 spiro atoms. The lowest BCUT2D eigenvalue weighted by molar-refractivity contribution is -0.118. The predicted octanol–water partition coefficient (Wildman–Crippen LogP) is 0.640. The first kappa shape index (κ1) is 16.6. The number of hydrogen-bond donors (Lipinski definition) is 3. The van der Waals surface area contributed by atoms with E-state index in [2.05, 4.69) is 5.32 Å². The second-order valence-electron chi connectivity index (χ2n) is 4.71. The van der Waals surface area contributed by atoms with Gasteiger partial charge in [0.05, 0.1) is 4.90 Å². The normalized spacial score (nSPS) is 13.1. The SMILES string of the molecule is CC(NCCCCC(N)=O)c1ccc(S(N)(=O)=O)cc1. The highest BCUT2D eigenvalue weighted by Gasteiger charge is 2.09. The van der Waals surface area contributed by atoms with Gasteiger partial charge >= 0.3 is 0 Å². The third kappa shape index (κ3) is 5.68. The molecule has 0 saturated carbocycles. The lowest BCUT2D eigenvalue weighted by Gasteiger charge is -2.14. The molecule has 1 rings (SSSR count). The van der Waals surface area contributed by atoms with E-state index in [9.17, 15) is 13.2 Å². The van der Waals surface area contributed by atoms with Gasteiger partial charge in [0.25, 0.3) is 0 Å². The van der Waals surface area contributed by atoms with Gasteiger partial charge in [-0.2, -0.15) is 0 Å². The molecule has 5 N–H and O–H groups in total. The van der Waals surface area contributed by atoms with Crippen LogP contribution in [-0.4, -0.2) is 20.9 Å². The third-order valence-corrected chi connectivity index (χ3v) is 3.94.